The van der Waals surface area contributed by atoms with E-state index in [1.54, 1.807) is 13.8 Å². The van der Waals surface area contributed by atoms with Crippen molar-refractivity contribution in [3.63, 3.8) is 0 Å². The number of hydrogen-bond donors (Lipinski definition) is 1. The van der Waals surface area contributed by atoms with Gasteiger partial charge in [0.1, 0.15) is 11.4 Å². The molecule has 5 nitrogen and oxygen atoms in total. The molecule has 0 spiro atoms. The Morgan fingerprint density at radius 1 is 1.13 bits per heavy atom. The Bertz CT molecular complexity index is 496. The van der Waals surface area contributed by atoms with Crippen LogP contribution in [0.2, 0.25) is 0 Å². The average molecular weight is 203 g/mol. The third-order valence-electron chi connectivity index (χ3n) is 2.21. The Morgan fingerprint density at radius 2 is 1.73 bits per heavy atom. The van der Waals surface area contributed by atoms with E-state index in [2.05, 4.69) is 9.98 Å². The summed E-state index contributed by atoms with van der Waals surface area (Å²) in [5.74, 6) is 0. The van der Waals surface area contributed by atoms with Gasteiger partial charge in [-0.05, 0) is 31.0 Å². The van der Waals surface area contributed by atoms with E-state index in [4.69, 9.17) is 5.73 Å². The monoisotopic (exact) mass is 203 g/mol. The van der Waals surface area contributed by atoms with Crippen molar-refractivity contribution in [2.24, 2.45) is 9.98 Å². The molecule has 0 aromatic heterocycles. The minimum Gasteiger partial charge on any atom is -0.398 e. The fraction of sp³-hybridized carbons (Fsp3) is 0.200. The second-order valence-electron chi connectivity index (χ2n) is 2.99. The number of nitrogen functional groups attached to an aromatic ring is 1. The fourth-order valence-corrected chi connectivity index (χ4v) is 1.23. The summed E-state index contributed by atoms with van der Waals surface area (Å²) in [5, 5.41) is 0. The molecule has 0 amide bonds. The van der Waals surface area contributed by atoms with Crippen molar-refractivity contribution in [1.29, 1.82) is 0 Å². The van der Waals surface area contributed by atoms with Crippen LogP contribution in [0.25, 0.3) is 0 Å². The number of rotatable bonds is 2. The number of isocyanates is 2. The number of nitrogens with two attached hydrogens (primary N) is 1. The van der Waals surface area contributed by atoms with Crippen molar-refractivity contribution in [1.82, 2.24) is 0 Å². The summed E-state index contributed by atoms with van der Waals surface area (Å²) in [6, 6.07) is 1.48. The Balaban J connectivity index is 3.64. The largest absolute Gasteiger partial charge is 0.398 e. The fourth-order valence-electron chi connectivity index (χ4n) is 1.23. The number of nitrogens with zero attached hydrogens (tertiary/aromatic N) is 2. The summed E-state index contributed by atoms with van der Waals surface area (Å²) >= 11 is 0. The van der Waals surface area contributed by atoms with Crippen molar-refractivity contribution in [3.8, 4) is 0 Å². The molecular formula is C10H9N3O2. The van der Waals surface area contributed by atoms with Gasteiger partial charge in [-0.25, -0.2) is 9.59 Å². The first-order valence-electron chi connectivity index (χ1n) is 4.17. The van der Waals surface area contributed by atoms with Gasteiger partial charge in [0.15, 0.2) is 0 Å². The van der Waals surface area contributed by atoms with E-state index in [0.717, 1.165) is 5.56 Å². The number of aliphatic imine (C=N–C) groups is 2. The van der Waals surface area contributed by atoms with E-state index in [1.165, 1.54) is 18.2 Å². The van der Waals surface area contributed by atoms with Crippen LogP contribution in [-0.4, -0.2) is 12.2 Å². The molecule has 0 bridgehead atoms. The standard InChI is InChI=1S/C10H9N3O2/c1-6-7(2)10(13-5-15)9(12-4-14)3-8(6)11/h3H,11H2,1-2H3. The molecule has 1 aromatic carbocycles. The molecule has 0 fully saturated rings. The van der Waals surface area contributed by atoms with Crippen LogP contribution in [0.3, 0.4) is 0 Å². The van der Waals surface area contributed by atoms with Crippen LogP contribution in [0.4, 0.5) is 17.1 Å². The molecule has 0 saturated heterocycles. The molecule has 0 atom stereocenters. The summed E-state index contributed by atoms with van der Waals surface area (Å²) in [6.45, 7) is 3.54. The van der Waals surface area contributed by atoms with Crippen LogP contribution in [0.5, 0.6) is 0 Å². The summed E-state index contributed by atoms with van der Waals surface area (Å²) < 4.78 is 0. The van der Waals surface area contributed by atoms with Gasteiger partial charge < -0.3 is 5.73 Å². The third kappa shape index (κ3) is 1.99. The average Bonchev–Trinajstić information content (AvgIpc) is 2.21. The summed E-state index contributed by atoms with van der Waals surface area (Å²) in [4.78, 5) is 27.3. The first-order valence-corrected chi connectivity index (χ1v) is 4.17. The zero-order valence-corrected chi connectivity index (χ0v) is 8.37. The van der Waals surface area contributed by atoms with Crippen molar-refractivity contribution >= 4 is 29.2 Å². The lowest BCUT2D eigenvalue weighted by atomic mass is 10.0. The zero-order valence-electron chi connectivity index (χ0n) is 8.37. The van der Waals surface area contributed by atoms with Crippen LogP contribution in [0.1, 0.15) is 11.1 Å². The van der Waals surface area contributed by atoms with E-state index < -0.39 is 0 Å². The van der Waals surface area contributed by atoms with Gasteiger partial charge >= 0.3 is 0 Å². The van der Waals surface area contributed by atoms with E-state index in [1.807, 2.05) is 0 Å². The molecule has 0 aliphatic heterocycles. The molecule has 1 rings (SSSR count). The maximum absolute atomic E-state index is 10.2. The molecule has 0 unspecified atom stereocenters. The Morgan fingerprint density at radius 3 is 2.27 bits per heavy atom. The van der Waals surface area contributed by atoms with Crippen molar-refractivity contribution < 1.29 is 9.59 Å². The molecular weight excluding hydrogens is 194 g/mol. The zero-order chi connectivity index (χ0) is 11.4. The van der Waals surface area contributed by atoms with Crippen LogP contribution in [-0.2, 0) is 9.59 Å². The highest BCUT2D eigenvalue weighted by molar-refractivity contribution is 5.77. The quantitative estimate of drug-likeness (QED) is 0.452. The first kappa shape index (κ1) is 10.9. The third-order valence-corrected chi connectivity index (χ3v) is 2.21. The predicted octanol–water partition coefficient (Wildman–Crippen LogP) is 1.82. The maximum Gasteiger partial charge on any atom is 0.240 e. The molecule has 76 valence electrons. The topological polar surface area (TPSA) is 84.9 Å². The summed E-state index contributed by atoms with van der Waals surface area (Å²) in [7, 11) is 0. The van der Waals surface area contributed by atoms with Crippen molar-refractivity contribution in [3.05, 3.63) is 17.2 Å². The highest BCUT2D eigenvalue weighted by Crippen LogP contribution is 2.36. The van der Waals surface area contributed by atoms with Gasteiger partial charge in [0.2, 0.25) is 12.2 Å². The normalized spacial score (nSPS) is 8.93. The second-order valence-corrected chi connectivity index (χ2v) is 2.99. The molecule has 0 aliphatic rings. The van der Waals surface area contributed by atoms with E-state index in [-0.39, 0.29) is 5.69 Å². The summed E-state index contributed by atoms with van der Waals surface area (Å²) in [6.07, 6.45) is 2.80. The predicted molar refractivity (Wildman–Crippen MR) is 55.9 cm³/mol. The van der Waals surface area contributed by atoms with Crippen LogP contribution in [0, 0.1) is 13.8 Å². The minimum atomic E-state index is 0.231. The van der Waals surface area contributed by atoms with Gasteiger partial charge in [0.05, 0.1) is 0 Å². The van der Waals surface area contributed by atoms with Gasteiger partial charge in [-0.15, -0.1) is 0 Å². The molecule has 1 aromatic rings. The van der Waals surface area contributed by atoms with Gasteiger partial charge in [0.25, 0.3) is 0 Å². The highest BCUT2D eigenvalue weighted by atomic mass is 16.1. The van der Waals surface area contributed by atoms with Crippen molar-refractivity contribution in [2.75, 3.05) is 5.73 Å². The lowest BCUT2D eigenvalue weighted by molar-refractivity contribution is 0.564. The Hall–Kier alpha value is -2.22. The SMILES string of the molecule is Cc1c(N)cc(N=C=O)c(N=C=O)c1C. The Labute approximate surface area is 86.3 Å². The maximum atomic E-state index is 10.2. The number of anilines is 1. The van der Waals surface area contributed by atoms with E-state index in [0.29, 0.717) is 16.9 Å². The number of benzene rings is 1. The molecule has 5 heteroatoms. The minimum absolute atomic E-state index is 0.231. The van der Waals surface area contributed by atoms with Gasteiger partial charge in [-0.2, -0.15) is 9.98 Å². The first-order chi connectivity index (χ1) is 7.11. The molecule has 2 N–H and O–H groups in total. The lowest BCUT2D eigenvalue weighted by Crippen LogP contribution is -1.92. The van der Waals surface area contributed by atoms with Gasteiger partial charge in [0, 0.05) is 5.69 Å². The molecule has 0 aliphatic carbocycles. The Kier molecular flexibility index (Phi) is 3.13. The lowest BCUT2D eigenvalue weighted by Gasteiger charge is -2.08. The molecule has 0 saturated carbocycles. The van der Waals surface area contributed by atoms with Crippen LogP contribution < -0.4 is 5.73 Å². The second kappa shape index (κ2) is 4.33. The van der Waals surface area contributed by atoms with Crippen molar-refractivity contribution in [2.45, 2.75) is 13.8 Å². The smallest absolute Gasteiger partial charge is 0.240 e. The molecule has 0 radical (unpaired) electrons. The molecule has 0 heterocycles. The van der Waals surface area contributed by atoms with E-state index >= 15 is 0 Å². The van der Waals surface area contributed by atoms with E-state index in [9.17, 15) is 9.59 Å². The number of carbonyl (C=O) groups excluding carboxylic acids is 2. The van der Waals surface area contributed by atoms with Gasteiger partial charge in [-0.3, -0.25) is 0 Å². The number of hydrogen-bond acceptors (Lipinski definition) is 5. The van der Waals surface area contributed by atoms with Crippen LogP contribution in [0.15, 0.2) is 16.1 Å². The highest BCUT2D eigenvalue weighted by Gasteiger charge is 2.10. The summed E-state index contributed by atoms with van der Waals surface area (Å²) in [5.41, 5.74) is 8.22. The van der Waals surface area contributed by atoms with Gasteiger partial charge in [-0.1, -0.05) is 0 Å². The van der Waals surface area contributed by atoms with Crippen LogP contribution >= 0.6 is 0 Å². The molecule has 15 heavy (non-hydrogen) atoms.